The summed E-state index contributed by atoms with van der Waals surface area (Å²) in [5.41, 5.74) is 0.0791. The van der Waals surface area contributed by atoms with Crippen LogP contribution in [0.4, 0.5) is 0 Å². The Morgan fingerprint density at radius 1 is 1.55 bits per heavy atom. The first-order valence-electron chi connectivity index (χ1n) is 3.02. The summed E-state index contributed by atoms with van der Waals surface area (Å²) in [6, 6.07) is 0. The van der Waals surface area contributed by atoms with E-state index in [0.717, 1.165) is 0 Å². The van der Waals surface area contributed by atoms with Gasteiger partial charge < -0.3 is 9.66 Å². The smallest absolute Gasteiger partial charge is 0.330 e. The molecule has 1 unspecified atom stereocenters. The number of rotatable bonds is 5. The molecule has 0 saturated heterocycles. The largest absolute Gasteiger partial charge is 0.478 e. The molecule has 0 fully saturated rings. The molecule has 0 bridgehead atoms. The highest BCUT2D eigenvalue weighted by Crippen LogP contribution is 2.02. The summed E-state index contributed by atoms with van der Waals surface area (Å²) >= 11 is -1.83. The van der Waals surface area contributed by atoms with E-state index in [1.807, 2.05) is 0 Å². The van der Waals surface area contributed by atoms with Crippen molar-refractivity contribution in [3.05, 3.63) is 12.2 Å². The molecule has 0 saturated carbocycles. The van der Waals surface area contributed by atoms with Crippen LogP contribution >= 0.6 is 0 Å². The van der Waals surface area contributed by atoms with Crippen molar-refractivity contribution in [1.82, 2.24) is 0 Å². The van der Waals surface area contributed by atoms with Gasteiger partial charge in [-0.1, -0.05) is 6.58 Å². The van der Waals surface area contributed by atoms with E-state index in [1.54, 1.807) is 0 Å². The summed E-state index contributed by atoms with van der Waals surface area (Å²) in [6.45, 7) is 3.27. The van der Waals surface area contributed by atoms with Crippen LogP contribution in [0.2, 0.25) is 0 Å². The lowest BCUT2D eigenvalue weighted by molar-refractivity contribution is -0.132. The molecule has 4 nitrogen and oxygen atoms in total. The van der Waals surface area contributed by atoms with E-state index in [4.69, 9.17) is 9.66 Å². The number of aliphatic carboxylic acids is 1. The van der Waals surface area contributed by atoms with Crippen molar-refractivity contribution in [1.29, 1.82) is 0 Å². The first-order chi connectivity index (χ1) is 5.04. The molecule has 0 aliphatic rings. The second-order valence-corrected chi connectivity index (χ2v) is 3.09. The van der Waals surface area contributed by atoms with Crippen LogP contribution in [0.1, 0.15) is 12.8 Å². The van der Waals surface area contributed by atoms with Gasteiger partial charge in [0.05, 0.1) is 0 Å². The number of hydrogen-bond acceptors (Lipinski definition) is 2. The van der Waals surface area contributed by atoms with Crippen LogP contribution in [0.15, 0.2) is 12.2 Å². The summed E-state index contributed by atoms with van der Waals surface area (Å²) in [5.74, 6) is -0.944. The average molecular weight is 178 g/mol. The van der Waals surface area contributed by atoms with Crippen LogP contribution in [0.25, 0.3) is 0 Å². The zero-order chi connectivity index (χ0) is 8.85. The van der Waals surface area contributed by atoms with E-state index in [1.165, 1.54) is 0 Å². The standard InChI is InChI=1S/C6H10O4S/c1-5(6(7)8)3-2-4-11(9)10/h1-4H2,(H,7,8)(H,9,10). The molecule has 0 spiro atoms. The maximum absolute atomic E-state index is 10.1. The molecule has 0 heterocycles. The fourth-order valence-corrected chi connectivity index (χ4v) is 0.907. The van der Waals surface area contributed by atoms with Gasteiger partial charge in [-0.3, -0.25) is 0 Å². The highest BCUT2D eigenvalue weighted by Gasteiger charge is 2.03. The minimum atomic E-state index is -1.83. The normalized spacial score (nSPS) is 12.5. The molecule has 64 valence electrons. The molecule has 0 aromatic heterocycles. The Labute approximate surface area is 67.2 Å². The zero-order valence-corrected chi connectivity index (χ0v) is 6.76. The van der Waals surface area contributed by atoms with Crippen molar-refractivity contribution in [3.63, 3.8) is 0 Å². The van der Waals surface area contributed by atoms with Gasteiger partial charge in [0.25, 0.3) is 0 Å². The van der Waals surface area contributed by atoms with Crippen molar-refractivity contribution < 1.29 is 18.7 Å². The minimum Gasteiger partial charge on any atom is -0.478 e. The van der Waals surface area contributed by atoms with Crippen molar-refractivity contribution in [3.8, 4) is 0 Å². The molecule has 0 rings (SSSR count). The lowest BCUT2D eigenvalue weighted by Crippen LogP contribution is -2.01. The molecule has 11 heavy (non-hydrogen) atoms. The summed E-state index contributed by atoms with van der Waals surface area (Å²) in [4.78, 5) is 10.1. The Bertz CT molecular complexity index is 187. The second kappa shape index (κ2) is 5.03. The monoisotopic (exact) mass is 178 g/mol. The molecule has 1 atom stereocenters. The Morgan fingerprint density at radius 2 is 2.09 bits per heavy atom. The fourth-order valence-electron chi connectivity index (χ4n) is 0.516. The summed E-state index contributed by atoms with van der Waals surface area (Å²) in [6.07, 6.45) is 0.649. The van der Waals surface area contributed by atoms with Gasteiger partial charge in [-0.25, -0.2) is 9.00 Å². The quantitative estimate of drug-likeness (QED) is 0.478. The molecular formula is C6H10O4S. The van der Waals surface area contributed by atoms with E-state index in [9.17, 15) is 9.00 Å². The fraction of sp³-hybridized carbons (Fsp3) is 0.500. The minimum absolute atomic E-state index is 0.0791. The van der Waals surface area contributed by atoms with Crippen molar-refractivity contribution in [2.75, 3.05) is 5.75 Å². The topological polar surface area (TPSA) is 74.6 Å². The molecule has 0 aromatic carbocycles. The highest BCUT2D eigenvalue weighted by atomic mass is 32.2. The molecule has 0 aromatic rings. The van der Waals surface area contributed by atoms with Gasteiger partial charge in [0, 0.05) is 11.3 Å². The maximum atomic E-state index is 10.1. The average Bonchev–Trinajstić information content (AvgIpc) is 1.86. The van der Waals surface area contributed by atoms with Gasteiger partial charge in [-0.05, 0) is 12.8 Å². The van der Waals surface area contributed by atoms with Crippen LogP contribution in [-0.4, -0.2) is 25.6 Å². The van der Waals surface area contributed by atoms with E-state index >= 15 is 0 Å². The van der Waals surface area contributed by atoms with E-state index < -0.39 is 17.0 Å². The Hall–Kier alpha value is -0.680. The van der Waals surface area contributed by atoms with Crippen molar-refractivity contribution in [2.45, 2.75) is 12.8 Å². The lowest BCUT2D eigenvalue weighted by atomic mass is 10.2. The van der Waals surface area contributed by atoms with Crippen molar-refractivity contribution >= 4 is 17.0 Å². The highest BCUT2D eigenvalue weighted by molar-refractivity contribution is 7.79. The third kappa shape index (κ3) is 5.75. The predicted octanol–water partition coefficient (Wildman–Crippen LogP) is 0.629. The number of carboxylic acid groups (broad SMARTS) is 1. The van der Waals surface area contributed by atoms with Crippen LogP contribution in [-0.2, 0) is 15.9 Å². The van der Waals surface area contributed by atoms with Gasteiger partial charge >= 0.3 is 5.97 Å². The van der Waals surface area contributed by atoms with Gasteiger partial charge in [-0.2, -0.15) is 0 Å². The zero-order valence-electron chi connectivity index (χ0n) is 5.95. The molecule has 0 aliphatic heterocycles. The first kappa shape index (κ1) is 10.3. The van der Waals surface area contributed by atoms with Gasteiger partial charge in [0.2, 0.25) is 0 Å². The third-order valence-corrected chi connectivity index (χ3v) is 1.74. The van der Waals surface area contributed by atoms with Gasteiger partial charge in [0.15, 0.2) is 11.1 Å². The molecule has 0 radical (unpaired) electrons. The number of carbonyl (C=O) groups is 1. The third-order valence-electron chi connectivity index (χ3n) is 1.10. The second-order valence-electron chi connectivity index (χ2n) is 2.04. The van der Waals surface area contributed by atoms with Crippen LogP contribution in [0, 0.1) is 0 Å². The van der Waals surface area contributed by atoms with Crippen LogP contribution in [0.3, 0.4) is 0 Å². The lowest BCUT2D eigenvalue weighted by Gasteiger charge is -1.96. The maximum Gasteiger partial charge on any atom is 0.330 e. The molecule has 0 aliphatic carbocycles. The van der Waals surface area contributed by atoms with E-state index in [2.05, 4.69) is 6.58 Å². The van der Waals surface area contributed by atoms with Gasteiger partial charge in [0.1, 0.15) is 0 Å². The van der Waals surface area contributed by atoms with Crippen molar-refractivity contribution in [2.24, 2.45) is 0 Å². The Kier molecular flexibility index (Phi) is 4.72. The Balaban J connectivity index is 3.47. The molecular weight excluding hydrogens is 168 g/mol. The predicted molar refractivity (Wildman–Crippen MR) is 41.6 cm³/mol. The summed E-state index contributed by atoms with van der Waals surface area (Å²) < 4.78 is 18.4. The summed E-state index contributed by atoms with van der Waals surface area (Å²) in [5, 5.41) is 8.31. The number of carboxylic acids is 1. The molecule has 5 heteroatoms. The van der Waals surface area contributed by atoms with Gasteiger partial charge in [-0.15, -0.1) is 0 Å². The molecule has 0 amide bonds. The first-order valence-corrected chi connectivity index (χ1v) is 4.30. The molecule has 2 N–H and O–H groups in total. The van der Waals surface area contributed by atoms with Crippen LogP contribution in [0.5, 0.6) is 0 Å². The SMILES string of the molecule is C=C(CCCS(=O)O)C(=O)O. The van der Waals surface area contributed by atoms with E-state index in [0.29, 0.717) is 6.42 Å². The van der Waals surface area contributed by atoms with Crippen LogP contribution < -0.4 is 0 Å². The Morgan fingerprint density at radius 3 is 2.45 bits per heavy atom. The van der Waals surface area contributed by atoms with E-state index in [-0.39, 0.29) is 17.7 Å². The number of hydrogen-bond donors (Lipinski definition) is 2. The summed E-state index contributed by atoms with van der Waals surface area (Å²) in [7, 11) is 0.